The Bertz CT molecular complexity index is 1100. The number of fused-ring (bicyclic) bond motifs is 1. The summed E-state index contributed by atoms with van der Waals surface area (Å²) in [5.41, 5.74) is 3.41. The normalized spacial score (nSPS) is 14.5. The minimum Gasteiger partial charge on any atom is -0.478 e. The molecule has 2 N–H and O–H groups in total. The summed E-state index contributed by atoms with van der Waals surface area (Å²) in [5.74, 6) is -1.14. The fourth-order valence-electron chi connectivity index (χ4n) is 4.02. The van der Waals surface area contributed by atoms with Gasteiger partial charge in [0.1, 0.15) is 0 Å². The summed E-state index contributed by atoms with van der Waals surface area (Å²) in [4.78, 5) is 21.7. The highest BCUT2D eigenvalue weighted by Gasteiger charge is 2.19. The van der Waals surface area contributed by atoms with Crippen LogP contribution in [0.1, 0.15) is 30.4 Å². The minimum atomic E-state index is -1.26. The van der Waals surface area contributed by atoms with Gasteiger partial charge in [0, 0.05) is 18.7 Å². The molecule has 2 aromatic carbocycles. The van der Waals surface area contributed by atoms with Crippen molar-refractivity contribution in [2.75, 3.05) is 26.2 Å². The van der Waals surface area contributed by atoms with Gasteiger partial charge in [-0.2, -0.15) is 0 Å². The van der Waals surface area contributed by atoms with Gasteiger partial charge in [-0.15, -0.1) is 0 Å². The number of rotatable bonds is 9. The van der Waals surface area contributed by atoms with E-state index >= 15 is 0 Å². The van der Waals surface area contributed by atoms with Crippen LogP contribution in [-0.4, -0.2) is 58.4 Å². The quantitative estimate of drug-likeness (QED) is 0.428. The molecule has 8 heteroatoms. The fourth-order valence-corrected chi connectivity index (χ4v) is 4.02. The summed E-state index contributed by atoms with van der Waals surface area (Å²) in [5, 5.41) is 20.7. The molecule has 35 heavy (non-hydrogen) atoms. The Labute approximate surface area is 204 Å². The number of carbonyl (C=O) groups is 2. The third-order valence-electron chi connectivity index (χ3n) is 5.99. The average molecular weight is 481 g/mol. The number of ether oxygens (including phenoxy) is 1. The van der Waals surface area contributed by atoms with Gasteiger partial charge in [-0.3, -0.25) is 0 Å². The Balaban J connectivity index is 0.000000371. The van der Waals surface area contributed by atoms with E-state index in [1.54, 1.807) is 0 Å². The van der Waals surface area contributed by atoms with Crippen LogP contribution < -0.4 is 4.74 Å². The number of carboxylic acids is 2. The van der Waals surface area contributed by atoms with Crippen LogP contribution in [-0.2, 0) is 16.0 Å². The van der Waals surface area contributed by atoms with Crippen molar-refractivity contribution in [1.82, 2.24) is 10.1 Å². The van der Waals surface area contributed by atoms with E-state index in [0.717, 1.165) is 36.3 Å². The van der Waals surface area contributed by atoms with Gasteiger partial charge >= 0.3 is 11.9 Å². The summed E-state index contributed by atoms with van der Waals surface area (Å²) < 4.78 is 11.3. The monoisotopic (exact) mass is 480 g/mol. The number of hydrogen-bond donors (Lipinski definition) is 2. The third-order valence-corrected chi connectivity index (χ3v) is 5.99. The van der Waals surface area contributed by atoms with Crippen LogP contribution in [0.5, 0.6) is 5.88 Å². The zero-order chi connectivity index (χ0) is 25.0. The largest absolute Gasteiger partial charge is 0.478 e. The first-order valence-corrected chi connectivity index (χ1v) is 11.8. The molecule has 0 aliphatic carbocycles. The lowest BCUT2D eigenvalue weighted by molar-refractivity contribution is -0.134. The maximum atomic E-state index is 9.55. The first-order valence-electron chi connectivity index (χ1n) is 11.8. The van der Waals surface area contributed by atoms with Gasteiger partial charge in [0.25, 0.3) is 5.88 Å². The molecule has 0 saturated carbocycles. The van der Waals surface area contributed by atoms with Crippen LogP contribution in [0.4, 0.5) is 0 Å². The molecule has 1 aliphatic heterocycles. The lowest BCUT2D eigenvalue weighted by Crippen LogP contribution is -2.35. The molecule has 0 bridgehead atoms. The second-order valence-electron chi connectivity index (χ2n) is 8.65. The molecular formula is C27H32N2O6. The van der Waals surface area contributed by atoms with Crippen LogP contribution >= 0.6 is 0 Å². The molecule has 0 amide bonds. The van der Waals surface area contributed by atoms with Crippen molar-refractivity contribution < 1.29 is 29.1 Å². The molecule has 186 valence electrons. The average Bonchev–Trinajstić information content (AvgIpc) is 3.25. The summed E-state index contributed by atoms with van der Waals surface area (Å²) in [6.07, 6.45) is 5.87. The van der Waals surface area contributed by atoms with Gasteiger partial charge < -0.3 is 24.4 Å². The molecule has 0 unspecified atom stereocenters. The van der Waals surface area contributed by atoms with Crippen molar-refractivity contribution in [3.8, 4) is 5.88 Å². The molecule has 0 spiro atoms. The SMILES string of the molecule is Cc1ccc2c(OCCC3CCN(CCc4ccccc4)CC3)noc2c1.O=C(O)C=CC(=O)O. The molecule has 1 fully saturated rings. The Morgan fingerprint density at radius 1 is 1.09 bits per heavy atom. The third kappa shape index (κ3) is 8.90. The van der Waals surface area contributed by atoms with E-state index in [0.29, 0.717) is 24.6 Å². The number of carboxylic acid groups (broad SMARTS) is 2. The molecule has 1 saturated heterocycles. The van der Waals surface area contributed by atoms with E-state index in [1.807, 2.05) is 12.1 Å². The number of piperidine rings is 1. The predicted molar refractivity (Wildman–Crippen MR) is 133 cm³/mol. The molecule has 1 aliphatic rings. The maximum Gasteiger partial charge on any atom is 0.328 e. The first-order chi connectivity index (χ1) is 16.9. The Morgan fingerprint density at radius 3 is 2.43 bits per heavy atom. The molecule has 0 radical (unpaired) electrons. The van der Waals surface area contributed by atoms with Crippen molar-refractivity contribution in [3.63, 3.8) is 0 Å². The fraction of sp³-hybridized carbons (Fsp3) is 0.370. The number of aromatic nitrogens is 1. The highest BCUT2D eigenvalue weighted by molar-refractivity contribution is 5.89. The van der Waals surface area contributed by atoms with Crippen LogP contribution in [0.2, 0.25) is 0 Å². The van der Waals surface area contributed by atoms with Crippen LogP contribution in [0.25, 0.3) is 11.0 Å². The summed E-state index contributed by atoms with van der Waals surface area (Å²) in [7, 11) is 0. The van der Waals surface area contributed by atoms with Crippen LogP contribution in [0, 0.1) is 12.8 Å². The Morgan fingerprint density at radius 2 is 1.77 bits per heavy atom. The van der Waals surface area contributed by atoms with Gasteiger partial charge in [0.2, 0.25) is 0 Å². The van der Waals surface area contributed by atoms with Gasteiger partial charge in [0.15, 0.2) is 5.58 Å². The maximum absolute atomic E-state index is 9.55. The van der Waals surface area contributed by atoms with Crippen molar-refractivity contribution in [2.24, 2.45) is 5.92 Å². The lowest BCUT2D eigenvalue weighted by atomic mass is 9.93. The van der Waals surface area contributed by atoms with E-state index in [4.69, 9.17) is 19.5 Å². The second kappa shape index (κ2) is 13.3. The molecule has 0 atom stereocenters. The second-order valence-corrected chi connectivity index (χ2v) is 8.65. The number of aliphatic carboxylic acids is 2. The van der Waals surface area contributed by atoms with Gasteiger partial charge in [-0.1, -0.05) is 36.4 Å². The van der Waals surface area contributed by atoms with Crippen LogP contribution in [0.15, 0.2) is 65.2 Å². The van der Waals surface area contributed by atoms with E-state index in [1.165, 1.54) is 37.1 Å². The number of aryl methyl sites for hydroxylation is 1. The highest BCUT2D eigenvalue weighted by Crippen LogP contribution is 2.27. The first kappa shape index (κ1) is 26.0. The highest BCUT2D eigenvalue weighted by atomic mass is 16.5. The van der Waals surface area contributed by atoms with Crippen LogP contribution in [0.3, 0.4) is 0 Å². The number of benzene rings is 2. The zero-order valence-electron chi connectivity index (χ0n) is 19.9. The topological polar surface area (TPSA) is 113 Å². The molecule has 2 heterocycles. The van der Waals surface area contributed by atoms with E-state index < -0.39 is 11.9 Å². The van der Waals surface area contributed by atoms with Gasteiger partial charge in [-0.25, -0.2) is 9.59 Å². The van der Waals surface area contributed by atoms with Crippen molar-refractivity contribution in [2.45, 2.75) is 32.6 Å². The molecule has 8 nitrogen and oxygen atoms in total. The molecule has 1 aromatic heterocycles. The predicted octanol–water partition coefficient (Wildman–Crippen LogP) is 4.57. The summed E-state index contributed by atoms with van der Waals surface area (Å²) in [6, 6.07) is 16.9. The van der Waals surface area contributed by atoms with Gasteiger partial charge in [0.05, 0.1) is 12.0 Å². The smallest absolute Gasteiger partial charge is 0.328 e. The van der Waals surface area contributed by atoms with E-state index in [2.05, 4.69) is 53.4 Å². The van der Waals surface area contributed by atoms with Gasteiger partial charge in [-0.05, 0) is 80.0 Å². The zero-order valence-corrected chi connectivity index (χ0v) is 19.9. The van der Waals surface area contributed by atoms with E-state index in [9.17, 15) is 9.59 Å². The Hall–Kier alpha value is -3.65. The number of likely N-dealkylation sites (tertiary alicyclic amines) is 1. The van der Waals surface area contributed by atoms with Crippen molar-refractivity contribution in [3.05, 3.63) is 71.8 Å². The molecule has 3 aromatic rings. The summed E-state index contributed by atoms with van der Waals surface area (Å²) in [6.45, 7) is 6.32. The molecular weight excluding hydrogens is 448 g/mol. The molecule has 4 rings (SSSR count). The van der Waals surface area contributed by atoms with Crippen molar-refractivity contribution in [1.29, 1.82) is 0 Å². The standard InChI is InChI=1S/C23H28N2O2.C4H4O4/c1-18-7-8-21-22(17-18)27-24-23(21)26-16-12-20-10-14-25(15-11-20)13-9-19-5-3-2-4-6-19;5-3(6)1-2-4(7)8/h2-8,17,20H,9-16H2,1H3;1-2H,(H,5,6)(H,7,8). The Kier molecular flexibility index (Phi) is 9.86. The van der Waals surface area contributed by atoms with Crippen molar-refractivity contribution >= 4 is 22.9 Å². The summed E-state index contributed by atoms with van der Waals surface area (Å²) >= 11 is 0. The number of nitrogens with zero attached hydrogens (tertiary/aromatic N) is 2. The lowest BCUT2D eigenvalue weighted by Gasteiger charge is -2.31. The minimum absolute atomic E-state index is 0.558. The van der Waals surface area contributed by atoms with E-state index in [-0.39, 0.29) is 0 Å². The number of hydrogen-bond acceptors (Lipinski definition) is 6.